The number of aromatic nitrogens is 2. The first-order chi connectivity index (χ1) is 12.0. The summed E-state index contributed by atoms with van der Waals surface area (Å²) in [6.45, 7) is 5.97. The fourth-order valence-electron chi connectivity index (χ4n) is 2.29. The van der Waals surface area contributed by atoms with E-state index in [9.17, 15) is 4.79 Å². The Hall–Kier alpha value is -2.61. The molecule has 0 radical (unpaired) electrons. The topological polar surface area (TPSA) is 85.7 Å². The van der Waals surface area contributed by atoms with Gasteiger partial charge in [-0.2, -0.15) is 5.10 Å². The van der Waals surface area contributed by atoms with E-state index in [0.717, 1.165) is 28.3 Å². The summed E-state index contributed by atoms with van der Waals surface area (Å²) in [7, 11) is 0. The average molecular weight is 358 g/mol. The standard InChI is InChI=1S/C17H18N4O3S/c1-10-4-14-15(24-9-23-14)6-13(10)7-18-21-16(22)8-25-17-19-11(2)5-12(3)20-17/h4-7H,8-9H2,1-3H3,(H,21,22)/b18-7-. The molecular formula is C17H18N4O3S. The third-order valence-corrected chi connectivity index (χ3v) is 4.30. The third kappa shape index (κ3) is 4.48. The van der Waals surface area contributed by atoms with Gasteiger partial charge in [-0.15, -0.1) is 0 Å². The molecule has 1 amide bonds. The van der Waals surface area contributed by atoms with Crippen molar-refractivity contribution in [3.05, 3.63) is 40.7 Å². The number of ether oxygens (including phenoxy) is 2. The van der Waals surface area contributed by atoms with Crippen molar-refractivity contribution in [3.63, 3.8) is 0 Å². The van der Waals surface area contributed by atoms with E-state index < -0.39 is 0 Å². The highest BCUT2D eigenvalue weighted by molar-refractivity contribution is 7.99. The van der Waals surface area contributed by atoms with E-state index in [1.807, 2.05) is 39.0 Å². The van der Waals surface area contributed by atoms with Gasteiger partial charge in [-0.05, 0) is 44.5 Å². The molecule has 1 aromatic carbocycles. The van der Waals surface area contributed by atoms with Gasteiger partial charge < -0.3 is 9.47 Å². The molecule has 0 spiro atoms. The third-order valence-electron chi connectivity index (χ3n) is 3.45. The maximum Gasteiger partial charge on any atom is 0.250 e. The summed E-state index contributed by atoms with van der Waals surface area (Å²) in [6, 6.07) is 5.62. The van der Waals surface area contributed by atoms with Gasteiger partial charge in [0.1, 0.15) is 0 Å². The molecule has 0 bridgehead atoms. The minimum atomic E-state index is -0.220. The van der Waals surface area contributed by atoms with Gasteiger partial charge >= 0.3 is 0 Å². The lowest BCUT2D eigenvalue weighted by Crippen LogP contribution is -2.20. The van der Waals surface area contributed by atoms with Gasteiger partial charge in [0, 0.05) is 17.0 Å². The Morgan fingerprint density at radius 2 is 1.88 bits per heavy atom. The Balaban J connectivity index is 1.54. The molecule has 1 aliphatic rings. The summed E-state index contributed by atoms with van der Waals surface area (Å²) in [6.07, 6.45) is 1.59. The van der Waals surface area contributed by atoms with Crippen molar-refractivity contribution in [1.29, 1.82) is 0 Å². The zero-order valence-corrected chi connectivity index (χ0v) is 15.0. The Morgan fingerprint density at radius 1 is 1.20 bits per heavy atom. The molecule has 1 aromatic heterocycles. The van der Waals surface area contributed by atoms with E-state index in [1.54, 1.807) is 6.21 Å². The maximum atomic E-state index is 11.9. The number of thioether (sulfide) groups is 1. The molecule has 0 aliphatic carbocycles. The van der Waals surface area contributed by atoms with Crippen LogP contribution in [0.1, 0.15) is 22.5 Å². The molecule has 8 heteroatoms. The van der Waals surface area contributed by atoms with Crippen molar-refractivity contribution in [2.75, 3.05) is 12.5 Å². The quantitative estimate of drug-likeness (QED) is 0.382. The van der Waals surface area contributed by atoms with Gasteiger partial charge in [-0.3, -0.25) is 4.79 Å². The largest absolute Gasteiger partial charge is 0.454 e. The van der Waals surface area contributed by atoms with Gasteiger partial charge in [0.2, 0.25) is 6.79 Å². The molecule has 0 saturated heterocycles. The highest BCUT2D eigenvalue weighted by atomic mass is 32.2. The van der Waals surface area contributed by atoms with E-state index in [0.29, 0.717) is 10.9 Å². The normalized spacial score (nSPS) is 12.6. The Morgan fingerprint density at radius 3 is 2.60 bits per heavy atom. The van der Waals surface area contributed by atoms with E-state index in [1.165, 1.54) is 11.8 Å². The fourth-order valence-corrected chi connectivity index (χ4v) is 3.03. The van der Waals surface area contributed by atoms with Crippen LogP contribution >= 0.6 is 11.8 Å². The first-order valence-corrected chi connectivity index (χ1v) is 8.67. The number of carbonyl (C=O) groups excluding carboxylic acids is 1. The number of nitrogens with one attached hydrogen (secondary N) is 1. The Bertz CT molecular complexity index is 819. The first kappa shape index (κ1) is 17.2. The summed E-state index contributed by atoms with van der Waals surface area (Å²) in [5.74, 6) is 1.38. The smallest absolute Gasteiger partial charge is 0.250 e. The number of rotatable bonds is 5. The van der Waals surface area contributed by atoms with Crippen molar-refractivity contribution >= 4 is 23.9 Å². The summed E-state index contributed by atoms with van der Waals surface area (Å²) in [5.41, 5.74) is 6.11. The summed E-state index contributed by atoms with van der Waals surface area (Å²) in [4.78, 5) is 20.5. The second-order valence-corrected chi connectivity index (χ2v) is 6.52. The number of hydrogen-bond donors (Lipinski definition) is 1. The second kappa shape index (κ2) is 7.52. The minimum absolute atomic E-state index is 0.195. The van der Waals surface area contributed by atoms with Crippen molar-refractivity contribution in [3.8, 4) is 11.5 Å². The van der Waals surface area contributed by atoms with Crippen LogP contribution in [0.15, 0.2) is 28.5 Å². The molecule has 130 valence electrons. The summed E-state index contributed by atoms with van der Waals surface area (Å²) >= 11 is 1.28. The van der Waals surface area contributed by atoms with Crippen molar-refractivity contribution in [1.82, 2.24) is 15.4 Å². The zero-order valence-electron chi connectivity index (χ0n) is 14.2. The first-order valence-electron chi connectivity index (χ1n) is 7.68. The SMILES string of the molecule is Cc1cc(C)nc(SCC(=O)N/N=C\c2cc3c(cc2C)OCO3)n1. The van der Waals surface area contributed by atoms with Crippen LogP contribution < -0.4 is 14.9 Å². The second-order valence-electron chi connectivity index (χ2n) is 5.58. The van der Waals surface area contributed by atoms with Crippen LogP contribution in [0.25, 0.3) is 0 Å². The number of hydrogen-bond acceptors (Lipinski definition) is 7. The number of amides is 1. The van der Waals surface area contributed by atoms with Crippen LogP contribution in [0.3, 0.4) is 0 Å². The van der Waals surface area contributed by atoms with Gasteiger partial charge in [-0.25, -0.2) is 15.4 Å². The molecule has 0 atom stereocenters. The van der Waals surface area contributed by atoms with Crippen molar-refractivity contribution in [2.24, 2.45) is 5.10 Å². The Kier molecular flexibility index (Phi) is 5.18. The van der Waals surface area contributed by atoms with E-state index in [-0.39, 0.29) is 18.5 Å². The molecule has 7 nitrogen and oxygen atoms in total. The van der Waals surface area contributed by atoms with Crippen molar-refractivity contribution < 1.29 is 14.3 Å². The molecule has 2 aromatic rings. The molecule has 3 rings (SSSR count). The van der Waals surface area contributed by atoms with Crippen molar-refractivity contribution in [2.45, 2.75) is 25.9 Å². The van der Waals surface area contributed by atoms with E-state index >= 15 is 0 Å². The van der Waals surface area contributed by atoms with E-state index in [4.69, 9.17) is 9.47 Å². The number of benzene rings is 1. The number of hydrazone groups is 1. The highest BCUT2D eigenvalue weighted by Gasteiger charge is 2.14. The molecule has 0 fully saturated rings. The monoisotopic (exact) mass is 358 g/mol. The maximum absolute atomic E-state index is 11.9. The predicted octanol–water partition coefficient (Wildman–Crippen LogP) is 2.37. The van der Waals surface area contributed by atoms with Crippen LogP contribution in [-0.2, 0) is 4.79 Å². The fraction of sp³-hybridized carbons (Fsp3) is 0.294. The highest BCUT2D eigenvalue weighted by Crippen LogP contribution is 2.33. The predicted molar refractivity (Wildman–Crippen MR) is 95.3 cm³/mol. The van der Waals surface area contributed by atoms with Gasteiger partial charge in [0.05, 0.1) is 12.0 Å². The lowest BCUT2D eigenvalue weighted by Gasteiger charge is -2.04. The molecule has 0 unspecified atom stereocenters. The molecule has 1 N–H and O–H groups in total. The Labute approximate surface area is 149 Å². The van der Waals surface area contributed by atoms with Crippen LogP contribution in [0.4, 0.5) is 0 Å². The molecule has 25 heavy (non-hydrogen) atoms. The molecular weight excluding hydrogens is 340 g/mol. The minimum Gasteiger partial charge on any atom is -0.454 e. The summed E-state index contributed by atoms with van der Waals surface area (Å²) < 4.78 is 10.7. The zero-order chi connectivity index (χ0) is 17.8. The lowest BCUT2D eigenvalue weighted by molar-refractivity contribution is -0.118. The molecule has 0 saturated carbocycles. The van der Waals surface area contributed by atoms with Gasteiger partial charge in [0.15, 0.2) is 16.7 Å². The number of aryl methyl sites for hydroxylation is 3. The van der Waals surface area contributed by atoms with Crippen LogP contribution in [0.5, 0.6) is 11.5 Å². The molecule has 2 heterocycles. The number of nitrogens with zero attached hydrogens (tertiary/aromatic N) is 3. The van der Waals surface area contributed by atoms with Crippen LogP contribution in [0.2, 0.25) is 0 Å². The molecule has 1 aliphatic heterocycles. The number of carbonyl (C=O) groups is 1. The van der Waals surface area contributed by atoms with Gasteiger partial charge in [0.25, 0.3) is 5.91 Å². The lowest BCUT2D eigenvalue weighted by atomic mass is 10.1. The average Bonchev–Trinajstić information content (AvgIpc) is 2.99. The van der Waals surface area contributed by atoms with E-state index in [2.05, 4.69) is 20.5 Å². The number of fused-ring (bicyclic) bond motifs is 1. The van der Waals surface area contributed by atoms with Crippen LogP contribution in [0, 0.1) is 20.8 Å². The summed E-state index contributed by atoms with van der Waals surface area (Å²) in [5, 5.41) is 4.59. The van der Waals surface area contributed by atoms with Gasteiger partial charge in [-0.1, -0.05) is 11.8 Å². The van der Waals surface area contributed by atoms with Crippen LogP contribution in [-0.4, -0.2) is 34.6 Å².